The number of carbonyl (C=O) groups is 1. The van der Waals surface area contributed by atoms with Crippen LogP contribution >= 0.6 is 0 Å². The van der Waals surface area contributed by atoms with Gasteiger partial charge in [0.1, 0.15) is 11.6 Å². The molecule has 2 aromatic carbocycles. The Kier molecular flexibility index (Phi) is 5.54. The number of urea groups is 1. The summed E-state index contributed by atoms with van der Waals surface area (Å²) in [6.45, 7) is 1.66. The van der Waals surface area contributed by atoms with Gasteiger partial charge in [0.15, 0.2) is 0 Å². The van der Waals surface area contributed by atoms with Crippen molar-refractivity contribution < 1.29 is 19.0 Å². The van der Waals surface area contributed by atoms with Gasteiger partial charge in [-0.1, -0.05) is 24.3 Å². The topological polar surface area (TPSA) is 70.6 Å². The maximum atomic E-state index is 12.9. The van der Waals surface area contributed by atoms with E-state index in [0.29, 0.717) is 17.0 Å². The summed E-state index contributed by atoms with van der Waals surface area (Å²) in [5.74, 6) is 0.157. The highest BCUT2D eigenvalue weighted by molar-refractivity contribution is 5.91. The molecule has 0 fully saturated rings. The summed E-state index contributed by atoms with van der Waals surface area (Å²) in [6, 6.07) is 11.5. The molecule has 0 saturated heterocycles. The molecule has 0 aliphatic rings. The number of carbonyl (C=O) groups excluding carboxylic acids is 1. The van der Waals surface area contributed by atoms with Gasteiger partial charge < -0.3 is 20.5 Å². The molecule has 5 nitrogen and oxygen atoms in total. The fraction of sp³-hybridized carbons (Fsp3) is 0.235. The summed E-state index contributed by atoms with van der Waals surface area (Å²) in [6.07, 6.45) is -0.945. The lowest BCUT2D eigenvalue weighted by atomic mass is 10.0. The molecule has 0 aromatic heterocycles. The van der Waals surface area contributed by atoms with E-state index < -0.39 is 18.2 Å². The van der Waals surface area contributed by atoms with Crippen LogP contribution in [0.2, 0.25) is 0 Å². The summed E-state index contributed by atoms with van der Waals surface area (Å²) < 4.78 is 18.1. The van der Waals surface area contributed by atoms with Crippen LogP contribution in [-0.2, 0) is 0 Å². The van der Waals surface area contributed by atoms with Gasteiger partial charge in [-0.05, 0) is 36.8 Å². The smallest absolute Gasteiger partial charge is 0.319 e. The van der Waals surface area contributed by atoms with E-state index in [1.807, 2.05) is 0 Å². The Labute approximate surface area is 134 Å². The average Bonchev–Trinajstić information content (AvgIpc) is 2.55. The maximum Gasteiger partial charge on any atom is 0.319 e. The molecule has 0 bridgehead atoms. The Morgan fingerprint density at radius 1 is 1.17 bits per heavy atom. The number of benzene rings is 2. The first-order valence-corrected chi connectivity index (χ1v) is 7.15. The third kappa shape index (κ3) is 4.43. The number of methoxy groups -OCH3 is 1. The van der Waals surface area contributed by atoms with E-state index in [0.717, 1.165) is 0 Å². The lowest BCUT2D eigenvalue weighted by molar-refractivity contribution is 0.139. The second-order valence-electron chi connectivity index (χ2n) is 5.08. The van der Waals surface area contributed by atoms with Gasteiger partial charge in [0, 0.05) is 0 Å². The highest BCUT2D eigenvalue weighted by atomic mass is 19.1. The number of ether oxygens (including phenoxy) is 1. The monoisotopic (exact) mass is 318 g/mol. The van der Waals surface area contributed by atoms with E-state index in [4.69, 9.17) is 4.74 Å². The van der Waals surface area contributed by atoms with E-state index in [9.17, 15) is 14.3 Å². The number of aliphatic hydroxyl groups is 1. The lowest BCUT2D eigenvalue weighted by Crippen LogP contribution is -2.39. The number of rotatable bonds is 5. The molecule has 0 spiro atoms. The number of hydrogen-bond donors (Lipinski definition) is 3. The highest BCUT2D eigenvalue weighted by Crippen LogP contribution is 2.23. The molecule has 2 rings (SSSR count). The minimum Gasteiger partial charge on any atom is -0.495 e. The Hall–Kier alpha value is -2.60. The van der Waals surface area contributed by atoms with Crippen LogP contribution in [0.15, 0.2) is 48.5 Å². The van der Waals surface area contributed by atoms with Crippen molar-refractivity contribution in [3.05, 3.63) is 59.9 Å². The predicted octanol–water partition coefficient (Wildman–Crippen LogP) is 3.08. The molecule has 0 radical (unpaired) electrons. The summed E-state index contributed by atoms with van der Waals surface area (Å²) in [7, 11) is 1.51. The van der Waals surface area contributed by atoms with Gasteiger partial charge >= 0.3 is 6.03 Å². The largest absolute Gasteiger partial charge is 0.495 e. The van der Waals surface area contributed by atoms with Crippen molar-refractivity contribution in [2.75, 3.05) is 12.4 Å². The molecule has 0 unspecified atom stereocenters. The molecule has 2 aromatic rings. The molecule has 0 aliphatic heterocycles. The van der Waals surface area contributed by atoms with E-state index in [1.165, 1.54) is 31.4 Å². The number of nitrogens with one attached hydrogen (secondary N) is 2. The van der Waals surface area contributed by atoms with Crippen LogP contribution in [0, 0.1) is 5.82 Å². The van der Waals surface area contributed by atoms with Crippen molar-refractivity contribution in [1.82, 2.24) is 5.32 Å². The van der Waals surface area contributed by atoms with Crippen molar-refractivity contribution in [3.8, 4) is 5.75 Å². The number of anilines is 1. The Morgan fingerprint density at radius 2 is 1.83 bits per heavy atom. The minimum absolute atomic E-state index is 0.379. The third-order valence-electron chi connectivity index (χ3n) is 3.40. The second kappa shape index (κ2) is 7.60. The zero-order valence-corrected chi connectivity index (χ0v) is 12.9. The van der Waals surface area contributed by atoms with Crippen LogP contribution in [-0.4, -0.2) is 24.3 Å². The van der Waals surface area contributed by atoms with Gasteiger partial charge in [-0.3, -0.25) is 0 Å². The summed E-state index contributed by atoms with van der Waals surface area (Å²) >= 11 is 0. The molecule has 2 atom stereocenters. The Balaban J connectivity index is 1.97. The van der Waals surface area contributed by atoms with Crippen molar-refractivity contribution in [1.29, 1.82) is 0 Å². The fourth-order valence-corrected chi connectivity index (χ4v) is 2.14. The number of amides is 2. The number of halogens is 1. The van der Waals surface area contributed by atoms with Crippen molar-refractivity contribution in [3.63, 3.8) is 0 Å². The zero-order chi connectivity index (χ0) is 16.8. The first kappa shape index (κ1) is 16.8. The molecular formula is C17H19FN2O3. The van der Waals surface area contributed by atoms with E-state index in [-0.39, 0.29) is 5.82 Å². The van der Waals surface area contributed by atoms with E-state index >= 15 is 0 Å². The van der Waals surface area contributed by atoms with Crippen LogP contribution in [0.25, 0.3) is 0 Å². The maximum absolute atomic E-state index is 12.9. The van der Waals surface area contributed by atoms with Gasteiger partial charge in [0.2, 0.25) is 0 Å². The highest BCUT2D eigenvalue weighted by Gasteiger charge is 2.19. The van der Waals surface area contributed by atoms with Crippen LogP contribution in [0.3, 0.4) is 0 Å². The molecular weight excluding hydrogens is 299 g/mol. The van der Waals surface area contributed by atoms with Gasteiger partial charge in [-0.2, -0.15) is 0 Å². The van der Waals surface area contributed by atoms with Crippen LogP contribution in [0.1, 0.15) is 18.6 Å². The van der Waals surface area contributed by atoms with Gasteiger partial charge in [0.05, 0.1) is 24.9 Å². The molecule has 0 aliphatic carbocycles. The van der Waals surface area contributed by atoms with Crippen molar-refractivity contribution in [2.24, 2.45) is 0 Å². The molecule has 122 valence electrons. The molecule has 2 amide bonds. The summed E-state index contributed by atoms with van der Waals surface area (Å²) in [5, 5.41) is 15.5. The molecule has 0 heterocycles. The molecule has 23 heavy (non-hydrogen) atoms. The van der Waals surface area contributed by atoms with Crippen molar-refractivity contribution >= 4 is 11.7 Å². The van der Waals surface area contributed by atoms with Gasteiger partial charge in [-0.15, -0.1) is 0 Å². The first-order valence-electron chi connectivity index (χ1n) is 7.15. The van der Waals surface area contributed by atoms with E-state index in [1.54, 1.807) is 31.2 Å². The quantitative estimate of drug-likeness (QED) is 0.793. The van der Waals surface area contributed by atoms with Gasteiger partial charge in [-0.25, -0.2) is 9.18 Å². The fourth-order valence-electron chi connectivity index (χ4n) is 2.14. The second-order valence-corrected chi connectivity index (χ2v) is 5.08. The number of aliphatic hydroxyl groups excluding tert-OH is 1. The number of para-hydroxylation sites is 2. The zero-order valence-electron chi connectivity index (χ0n) is 12.9. The first-order chi connectivity index (χ1) is 11.0. The predicted molar refractivity (Wildman–Crippen MR) is 86.0 cm³/mol. The molecule has 3 N–H and O–H groups in total. The summed E-state index contributed by atoms with van der Waals surface area (Å²) in [5.41, 5.74) is 1.05. The van der Waals surface area contributed by atoms with E-state index in [2.05, 4.69) is 10.6 Å². The van der Waals surface area contributed by atoms with Crippen molar-refractivity contribution in [2.45, 2.75) is 19.1 Å². The Morgan fingerprint density at radius 3 is 2.48 bits per heavy atom. The average molecular weight is 318 g/mol. The normalized spacial score (nSPS) is 13.0. The standard InChI is InChI=1S/C17H19FN2O3/c1-11(16(21)12-7-9-13(18)10-8-12)19-17(22)20-14-5-3-4-6-15(14)23-2/h3-11,16,21H,1-2H3,(H2,19,20,22)/t11-,16+/m0/s1. The lowest BCUT2D eigenvalue weighted by Gasteiger charge is -2.21. The molecule has 6 heteroatoms. The molecule has 0 saturated carbocycles. The van der Waals surface area contributed by atoms with Gasteiger partial charge in [0.25, 0.3) is 0 Å². The number of hydrogen-bond acceptors (Lipinski definition) is 3. The SMILES string of the molecule is COc1ccccc1NC(=O)N[C@@H](C)[C@@H](O)c1ccc(F)cc1. The van der Waals surface area contributed by atoms with Crippen LogP contribution in [0.4, 0.5) is 14.9 Å². The third-order valence-corrected chi connectivity index (χ3v) is 3.40. The van der Waals surface area contributed by atoms with Crippen LogP contribution in [0.5, 0.6) is 5.75 Å². The van der Waals surface area contributed by atoms with Crippen LogP contribution < -0.4 is 15.4 Å². The minimum atomic E-state index is -0.945. The summed E-state index contributed by atoms with van der Waals surface area (Å²) in [4.78, 5) is 12.0. The Bertz CT molecular complexity index is 661.